The number of alkyl halides is 1. The van der Waals surface area contributed by atoms with Crippen molar-refractivity contribution in [2.24, 2.45) is 0 Å². The zero-order valence-electron chi connectivity index (χ0n) is 29.2. The molecule has 1 aromatic carbocycles. The first-order chi connectivity index (χ1) is 23.8. The number of methoxy groups -OCH3 is 1. The van der Waals surface area contributed by atoms with Crippen LogP contribution >= 0.6 is 11.6 Å². The van der Waals surface area contributed by atoms with Crippen molar-refractivity contribution in [3.63, 3.8) is 0 Å². The van der Waals surface area contributed by atoms with Gasteiger partial charge in [-0.05, 0) is 75.9 Å². The molecule has 4 aliphatic rings. The van der Waals surface area contributed by atoms with Crippen LogP contribution in [-0.4, -0.2) is 80.0 Å². The van der Waals surface area contributed by atoms with Crippen LogP contribution in [0.15, 0.2) is 48.7 Å². The Morgan fingerprint density at radius 3 is 2.65 bits per heavy atom. The number of hydrogen-bond donors (Lipinski definition) is 0. The Labute approximate surface area is 294 Å². The minimum absolute atomic E-state index is 0.236. The Bertz CT molecular complexity index is 1770. The van der Waals surface area contributed by atoms with Crippen molar-refractivity contribution in [2.75, 3.05) is 38.7 Å². The molecule has 0 N–H and O–H groups in total. The van der Waals surface area contributed by atoms with Crippen LogP contribution < -0.4 is 9.64 Å². The number of rotatable bonds is 6. The maximum atomic E-state index is 12.8. The number of likely N-dealkylation sites (N-methyl/N-ethyl adjacent to an activating group) is 1. The third kappa shape index (κ3) is 6.79. The summed E-state index contributed by atoms with van der Waals surface area (Å²) in [4.78, 5) is 21.3. The Balaban J connectivity index is 0.000000322. The second-order valence-corrected chi connectivity index (χ2v) is 14.6. The highest BCUT2D eigenvalue weighted by atomic mass is 35.5. The highest BCUT2D eigenvalue weighted by Gasteiger charge is 2.44. The van der Waals surface area contributed by atoms with Crippen molar-refractivity contribution in [2.45, 2.75) is 96.2 Å². The van der Waals surface area contributed by atoms with Gasteiger partial charge in [0.05, 0.1) is 35.8 Å². The maximum absolute atomic E-state index is 12.8. The van der Waals surface area contributed by atoms with Crippen LogP contribution in [0, 0.1) is 0 Å². The van der Waals surface area contributed by atoms with Gasteiger partial charge in [-0.1, -0.05) is 55.3 Å². The fraction of sp³-hybridized carbons (Fsp3) is 0.526. The maximum Gasteiger partial charge on any atom is 0.318 e. The molecule has 4 aromatic rings. The minimum atomic E-state index is -0.551. The average Bonchev–Trinajstić information content (AvgIpc) is 3.64. The molecule has 260 valence electrons. The third-order valence-corrected chi connectivity index (χ3v) is 11.2. The number of nitrogens with zero attached hydrogens (tertiary/aromatic N) is 8. The van der Waals surface area contributed by atoms with E-state index >= 15 is 0 Å². The van der Waals surface area contributed by atoms with Crippen LogP contribution in [0.25, 0.3) is 11.4 Å². The molecule has 3 unspecified atom stereocenters. The summed E-state index contributed by atoms with van der Waals surface area (Å²) in [6, 6.07) is 15.3. The quantitative estimate of drug-likeness (QED) is 0.213. The van der Waals surface area contributed by atoms with Gasteiger partial charge in [0.2, 0.25) is 0 Å². The van der Waals surface area contributed by atoms with E-state index in [4.69, 9.17) is 31.4 Å². The lowest BCUT2D eigenvalue weighted by atomic mass is 9.89. The lowest BCUT2D eigenvalue weighted by Crippen LogP contribution is -2.35. The number of pyridine rings is 1. The predicted octanol–water partition coefficient (Wildman–Crippen LogP) is 7.07. The van der Waals surface area contributed by atoms with Crippen molar-refractivity contribution < 1.29 is 9.13 Å². The fourth-order valence-corrected chi connectivity index (χ4v) is 8.60. The van der Waals surface area contributed by atoms with E-state index in [-0.39, 0.29) is 11.6 Å². The minimum Gasteiger partial charge on any atom is -0.467 e. The average molecular weight is 687 g/mol. The molecule has 0 aliphatic carbocycles. The van der Waals surface area contributed by atoms with Crippen LogP contribution in [0.2, 0.25) is 5.02 Å². The fourth-order valence-electron chi connectivity index (χ4n) is 8.31. The molecule has 0 saturated carbocycles. The van der Waals surface area contributed by atoms with E-state index in [1.54, 1.807) is 13.3 Å². The normalized spacial score (nSPS) is 23.7. The molecular formula is C38H48ClFN8O. The van der Waals surface area contributed by atoms with Gasteiger partial charge in [0.15, 0.2) is 0 Å². The zero-order chi connectivity index (χ0) is 34.1. The van der Waals surface area contributed by atoms with Crippen LogP contribution in [0.3, 0.4) is 0 Å². The third-order valence-electron chi connectivity index (χ3n) is 10.8. The Kier molecular flexibility index (Phi) is 9.91. The van der Waals surface area contributed by atoms with E-state index in [1.165, 1.54) is 24.0 Å². The number of benzene rings is 1. The van der Waals surface area contributed by atoms with Crippen LogP contribution in [0.5, 0.6) is 6.01 Å². The molecule has 11 heteroatoms. The second-order valence-electron chi connectivity index (χ2n) is 14.2. The molecule has 7 heterocycles. The summed E-state index contributed by atoms with van der Waals surface area (Å²) >= 11 is 6.94. The van der Waals surface area contributed by atoms with Crippen molar-refractivity contribution in [1.29, 1.82) is 0 Å². The number of anilines is 1. The predicted molar refractivity (Wildman–Crippen MR) is 192 cm³/mol. The molecule has 8 rings (SSSR count). The first kappa shape index (κ1) is 33.9. The van der Waals surface area contributed by atoms with E-state index < -0.39 is 6.17 Å². The molecule has 0 amide bonds. The van der Waals surface area contributed by atoms with Crippen molar-refractivity contribution in [1.82, 2.24) is 34.5 Å². The standard InChI is InChI=1S/C30H34ClN7O.C8H14FN/c1-4-10-20-11-5-6-12-21(20)25-17-24-22(18-36(25)2)29(34-30(33-24)39-3)37-15-9-16-38-26(19-37)27(31)28(35-38)23-13-7-8-14-32-23;1-8-3-2-4-10(8)6-7(9)5-8/h5-8,11-14,25H,4,9-10,15-19H2,1-3H3;7H,2-6H2,1H3. The Morgan fingerprint density at radius 2 is 1.88 bits per heavy atom. The smallest absolute Gasteiger partial charge is 0.318 e. The molecule has 2 saturated heterocycles. The molecule has 3 aromatic heterocycles. The van der Waals surface area contributed by atoms with Crippen molar-refractivity contribution in [3.8, 4) is 17.4 Å². The summed E-state index contributed by atoms with van der Waals surface area (Å²) in [5, 5.41) is 5.49. The number of hydrogen-bond acceptors (Lipinski definition) is 8. The first-order valence-electron chi connectivity index (χ1n) is 17.8. The highest BCUT2D eigenvalue weighted by Crippen LogP contribution is 2.40. The van der Waals surface area contributed by atoms with Crippen LogP contribution in [0.1, 0.15) is 80.1 Å². The first-order valence-corrected chi connectivity index (χ1v) is 18.2. The number of aryl methyl sites for hydroxylation is 2. The van der Waals surface area contributed by atoms with Gasteiger partial charge in [-0.2, -0.15) is 15.1 Å². The summed E-state index contributed by atoms with van der Waals surface area (Å²) in [5.74, 6) is 0.925. The summed E-state index contributed by atoms with van der Waals surface area (Å²) in [5.41, 5.74) is 7.76. The number of ether oxygens (including phenoxy) is 1. The molecule has 0 radical (unpaired) electrons. The highest BCUT2D eigenvalue weighted by molar-refractivity contribution is 6.33. The van der Waals surface area contributed by atoms with Gasteiger partial charge in [0.25, 0.3) is 0 Å². The van der Waals surface area contributed by atoms with Crippen molar-refractivity contribution in [3.05, 3.63) is 81.8 Å². The molecular weight excluding hydrogens is 639 g/mol. The molecule has 49 heavy (non-hydrogen) atoms. The van der Waals surface area contributed by atoms with Gasteiger partial charge in [-0.15, -0.1) is 0 Å². The van der Waals surface area contributed by atoms with E-state index in [0.29, 0.717) is 24.1 Å². The van der Waals surface area contributed by atoms with Gasteiger partial charge in [0, 0.05) is 55.9 Å². The Morgan fingerprint density at radius 1 is 1.04 bits per heavy atom. The topological polar surface area (TPSA) is 75.4 Å². The van der Waals surface area contributed by atoms with E-state index in [9.17, 15) is 4.39 Å². The summed E-state index contributed by atoms with van der Waals surface area (Å²) in [7, 11) is 3.85. The van der Waals surface area contributed by atoms with Gasteiger partial charge in [-0.25, -0.2) is 4.39 Å². The molecule has 3 atom stereocenters. The van der Waals surface area contributed by atoms with Crippen LogP contribution in [0.4, 0.5) is 10.2 Å². The summed E-state index contributed by atoms with van der Waals surface area (Å²) in [6.45, 7) is 9.25. The van der Waals surface area contributed by atoms with E-state index in [0.717, 1.165) is 92.4 Å². The summed E-state index contributed by atoms with van der Waals surface area (Å²) < 4.78 is 20.5. The monoisotopic (exact) mass is 686 g/mol. The molecule has 9 nitrogen and oxygen atoms in total. The van der Waals surface area contributed by atoms with E-state index in [2.05, 4.69) is 64.8 Å². The van der Waals surface area contributed by atoms with Gasteiger partial charge in [0.1, 0.15) is 17.7 Å². The van der Waals surface area contributed by atoms with Gasteiger partial charge in [-0.3, -0.25) is 19.5 Å². The van der Waals surface area contributed by atoms with Crippen molar-refractivity contribution >= 4 is 17.4 Å². The SMILES string of the molecule is CC12CCCN1CC(F)C2.CCCc1ccccc1C1Cc2nc(OC)nc(N3CCCn4nc(-c5ccccn5)c(Cl)c4C3)c2CN1C. The molecule has 4 aliphatic heterocycles. The number of aromatic nitrogens is 5. The lowest BCUT2D eigenvalue weighted by Gasteiger charge is -2.37. The number of halogens is 2. The van der Waals surface area contributed by atoms with Crippen LogP contribution in [-0.2, 0) is 32.5 Å². The summed E-state index contributed by atoms with van der Waals surface area (Å²) in [6.07, 6.45) is 8.40. The zero-order valence-corrected chi connectivity index (χ0v) is 30.0. The van der Waals surface area contributed by atoms with E-state index in [1.807, 2.05) is 22.9 Å². The van der Waals surface area contributed by atoms with Gasteiger partial charge >= 0.3 is 6.01 Å². The number of fused-ring (bicyclic) bond motifs is 3. The lowest BCUT2D eigenvalue weighted by molar-refractivity contribution is 0.212. The molecule has 0 bridgehead atoms. The molecule has 2 fully saturated rings. The largest absolute Gasteiger partial charge is 0.467 e. The Hall–Kier alpha value is -3.60. The second kappa shape index (κ2) is 14.3. The van der Waals surface area contributed by atoms with Gasteiger partial charge < -0.3 is 9.64 Å². The molecule has 0 spiro atoms.